The molecule has 1 aromatic rings. The van der Waals surface area contributed by atoms with Crippen molar-refractivity contribution in [3.05, 3.63) is 23.8 Å². The molecule has 1 fully saturated rings. The molecular formula is C22H37IN4O3. The molecule has 2 N–H and O–H groups in total. The topological polar surface area (TPSA) is 75.2 Å². The second-order valence-corrected chi connectivity index (χ2v) is 7.76. The van der Waals surface area contributed by atoms with Crippen LogP contribution in [0.25, 0.3) is 0 Å². The van der Waals surface area contributed by atoms with E-state index >= 15 is 0 Å². The third-order valence-electron chi connectivity index (χ3n) is 5.18. The van der Waals surface area contributed by atoms with Gasteiger partial charge in [-0.05, 0) is 51.2 Å². The standard InChI is InChI=1S/C22H36N4O3.HI/c1-6-16(2)25-22(24-15-21(27)26(3)4)23-14-17-11-12-19(28-5)13-20(17)29-18-9-7-8-10-18;/h11-13,16,18H,6-10,14-15H2,1-5H3,(H2,23,24,25);1H. The maximum atomic E-state index is 11.9. The highest BCUT2D eigenvalue weighted by Crippen LogP contribution is 2.30. The molecule has 0 bridgehead atoms. The maximum absolute atomic E-state index is 11.9. The minimum Gasteiger partial charge on any atom is -0.497 e. The molecule has 0 spiro atoms. The average molecular weight is 532 g/mol. The monoisotopic (exact) mass is 532 g/mol. The Bertz CT molecular complexity index is 691. The smallest absolute Gasteiger partial charge is 0.241 e. The number of carbonyl (C=O) groups excluding carboxylic acids is 1. The molecule has 1 aromatic carbocycles. The quantitative estimate of drug-likeness (QED) is 0.289. The third kappa shape index (κ3) is 8.57. The summed E-state index contributed by atoms with van der Waals surface area (Å²) < 4.78 is 11.6. The first-order valence-corrected chi connectivity index (χ1v) is 10.5. The van der Waals surface area contributed by atoms with Gasteiger partial charge in [-0.15, -0.1) is 24.0 Å². The van der Waals surface area contributed by atoms with Crippen molar-refractivity contribution in [3.8, 4) is 11.5 Å². The number of nitrogens with one attached hydrogen (secondary N) is 2. The number of hydrogen-bond acceptors (Lipinski definition) is 4. The zero-order valence-electron chi connectivity index (χ0n) is 18.9. The van der Waals surface area contributed by atoms with E-state index in [2.05, 4.69) is 24.5 Å². The van der Waals surface area contributed by atoms with Crippen molar-refractivity contribution >= 4 is 35.8 Å². The highest BCUT2D eigenvalue weighted by Gasteiger charge is 2.18. The van der Waals surface area contributed by atoms with Crippen molar-refractivity contribution < 1.29 is 14.3 Å². The maximum Gasteiger partial charge on any atom is 0.241 e. The molecule has 0 radical (unpaired) electrons. The number of carbonyl (C=O) groups is 1. The molecule has 1 unspecified atom stereocenters. The van der Waals surface area contributed by atoms with Crippen LogP contribution in [0.2, 0.25) is 0 Å². The van der Waals surface area contributed by atoms with E-state index in [9.17, 15) is 4.79 Å². The van der Waals surface area contributed by atoms with Crippen molar-refractivity contribution in [2.75, 3.05) is 27.7 Å². The number of nitrogens with zero attached hydrogens (tertiary/aromatic N) is 2. The van der Waals surface area contributed by atoms with Crippen molar-refractivity contribution in [3.63, 3.8) is 0 Å². The fourth-order valence-corrected chi connectivity index (χ4v) is 3.06. The Morgan fingerprint density at radius 2 is 2.00 bits per heavy atom. The van der Waals surface area contributed by atoms with Gasteiger partial charge in [-0.1, -0.05) is 6.92 Å². The summed E-state index contributed by atoms with van der Waals surface area (Å²) in [5.74, 6) is 2.22. The fraction of sp³-hybridized carbons (Fsp3) is 0.636. The van der Waals surface area contributed by atoms with E-state index < -0.39 is 0 Å². The van der Waals surface area contributed by atoms with Gasteiger partial charge in [0.2, 0.25) is 5.91 Å². The van der Waals surface area contributed by atoms with Gasteiger partial charge in [-0.25, -0.2) is 4.99 Å². The van der Waals surface area contributed by atoms with Crippen LogP contribution in [0.3, 0.4) is 0 Å². The van der Waals surface area contributed by atoms with Gasteiger partial charge in [0.25, 0.3) is 0 Å². The average Bonchev–Trinajstić information content (AvgIpc) is 3.23. The number of methoxy groups -OCH3 is 1. The molecule has 1 aliphatic rings. The number of hydrogen-bond donors (Lipinski definition) is 2. The summed E-state index contributed by atoms with van der Waals surface area (Å²) in [4.78, 5) is 18.2. The molecule has 0 aromatic heterocycles. The molecule has 1 amide bonds. The summed E-state index contributed by atoms with van der Waals surface area (Å²) in [5, 5.41) is 6.48. The van der Waals surface area contributed by atoms with Gasteiger partial charge >= 0.3 is 0 Å². The lowest BCUT2D eigenvalue weighted by atomic mass is 10.2. The summed E-state index contributed by atoms with van der Waals surface area (Å²) in [6, 6.07) is 6.12. The second kappa shape index (κ2) is 13.6. The van der Waals surface area contributed by atoms with Gasteiger partial charge < -0.3 is 25.0 Å². The van der Waals surface area contributed by atoms with Gasteiger partial charge in [0, 0.05) is 31.8 Å². The van der Waals surface area contributed by atoms with Crippen LogP contribution in [-0.4, -0.2) is 56.7 Å². The highest BCUT2D eigenvalue weighted by atomic mass is 127. The zero-order chi connectivity index (χ0) is 21.2. The highest BCUT2D eigenvalue weighted by molar-refractivity contribution is 14.0. The Labute approximate surface area is 198 Å². The van der Waals surface area contributed by atoms with Crippen LogP contribution in [0.15, 0.2) is 23.2 Å². The Balaban J connectivity index is 0.00000450. The number of aliphatic imine (C=N–C) groups is 1. The molecule has 0 heterocycles. The number of rotatable bonds is 9. The van der Waals surface area contributed by atoms with Crippen LogP contribution in [0.5, 0.6) is 11.5 Å². The van der Waals surface area contributed by atoms with Crippen LogP contribution in [-0.2, 0) is 11.3 Å². The lowest BCUT2D eigenvalue weighted by molar-refractivity contribution is -0.127. The minimum atomic E-state index is -0.00152. The molecule has 1 aliphatic carbocycles. The van der Waals surface area contributed by atoms with Crippen molar-refractivity contribution in [2.24, 2.45) is 4.99 Å². The van der Waals surface area contributed by atoms with Crippen LogP contribution in [0.4, 0.5) is 0 Å². The number of amides is 1. The second-order valence-electron chi connectivity index (χ2n) is 7.76. The van der Waals surface area contributed by atoms with Crippen LogP contribution in [0, 0.1) is 0 Å². The number of halogens is 1. The summed E-state index contributed by atoms with van der Waals surface area (Å²) in [5.41, 5.74) is 1.00. The van der Waals surface area contributed by atoms with E-state index in [0.29, 0.717) is 12.5 Å². The molecule has 1 saturated carbocycles. The van der Waals surface area contributed by atoms with Crippen LogP contribution in [0.1, 0.15) is 51.5 Å². The summed E-state index contributed by atoms with van der Waals surface area (Å²) in [6.45, 7) is 4.85. The molecule has 2 rings (SSSR count). The van der Waals surface area contributed by atoms with Crippen molar-refractivity contribution in [2.45, 2.75) is 64.6 Å². The van der Waals surface area contributed by atoms with Gasteiger partial charge in [0.1, 0.15) is 11.5 Å². The van der Waals surface area contributed by atoms with Crippen molar-refractivity contribution in [1.82, 2.24) is 15.5 Å². The molecule has 0 aliphatic heterocycles. The van der Waals surface area contributed by atoms with Gasteiger partial charge in [-0.3, -0.25) is 4.79 Å². The van der Waals surface area contributed by atoms with E-state index in [1.165, 1.54) is 12.8 Å². The molecule has 170 valence electrons. The predicted molar refractivity (Wildman–Crippen MR) is 132 cm³/mol. The van der Waals surface area contributed by atoms with E-state index in [0.717, 1.165) is 36.3 Å². The fourth-order valence-electron chi connectivity index (χ4n) is 3.06. The lowest BCUT2D eigenvalue weighted by Gasteiger charge is -2.19. The number of guanidine groups is 1. The summed E-state index contributed by atoms with van der Waals surface area (Å²) in [7, 11) is 5.15. The predicted octanol–water partition coefficient (Wildman–Crippen LogP) is 3.56. The van der Waals surface area contributed by atoms with E-state index in [4.69, 9.17) is 14.5 Å². The minimum absolute atomic E-state index is 0. The SMILES string of the molecule is CCC(C)NC(=NCc1ccc(OC)cc1OC1CCCC1)NCC(=O)N(C)C.I. The first-order valence-electron chi connectivity index (χ1n) is 10.5. The third-order valence-corrected chi connectivity index (χ3v) is 5.18. The molecule has 0 saturated heterocycles. The Hall–Kier alpha value is -1.71. The Morgan fingerprint density at radius 1 is 1.30 bits per heavy atom. The number of ether oxygens (including phenoxy) is 2. The lowest BCUT2D eigenvalue weighted by Crippen LogP contribution is -2.45. The molecule has 1 atom stereocenters. The van der Waals surface area contributed by atoms with E-state index in [-0.39, 0.29) is 48.6 Å². The molecule has 8 heteroatoms. The van der Waals surface area contributed by atoms with Crippen LogP contribution >= 0.6 is 24.0 Å². The number of likely N-dealkylation sites (N-methyl/N-ethyl adjacent to an activating group) is 1. The first kappa shape index (κ1) is 26.3. The molecular weight excluding hydrogens is 495 g/mol. The summed E-state index contributed by atoms with van der Waals surface area (Å²) >= 11 is 0. The Kier molecular flexibility index (Phi) is 11.9. The van der Waals surface area contributed by atoms with Gasteiger partial charge in [0.15, 0.2) is 5.96 Å². The van der Waals surface area contributed by atoms with E-state index in [1.807, 2.05) is 18.2 Å². The molecule has 7 nitrogen and oxygen atoms in total. The van der Waals surface area contributed by atoms with Crippen LogP contribution < -0.4 is 20.1 Å². The Morgan fingerprint density at radius 3 is 2.60 bits per heavy atom. The zero-order valence-corrected chi connectivity index (χ0v) is 21.2. The first-order chi connectivity index (χ1) is 13.9. The normalized spacial score (nSPS) is 15.2. The summed E-state index contributed by atoms with van der Waals surface area (Å²) in [6.07, 6.45) is 5.84. The van der Waals surface area contributed by atoms with Gasteiger partial charge in [0.05, 0.1) is 26.3 Å². The largest absolute Gasteiger partial charge is 0.497 e. The van der Waals surface area contributed by atoms with Crippen molar-refractivity contribution in [1.29, 1.82) is 0 Å². The van der Waals surface area contributed by atoms with Gasteiger partial charge in [-0.2, -0.15) is 0 Å². The number of benzene rings is 1. The van der Waals surface area contributed by atoms with E-state index in [1.54, 1.807) is 26.1 Å². The molecule has 30 heavy (non-hydrogen) atoms.